The largest absolute Gasteiger partial charge is 0.390 e. The molecule has 0 heterocycles. The van der Waals surface area contributed by atoms with Crippen LogP contribution in [0.2, 0.25) is 0 Å². The number of carbonyl (C=O) groups is 1. The maximum absolute atomic E-state index is 12.6. The first-order chi connectivity index (χ1) is 14.2. The summed E-state index contributed by atoms with van der Waals surface area (Å²) in [4.78, 5) is 16.9. The van der Waals surface area contributed by atoms with E-state index in [1.165, 1.54) is 6.20 Å². The third kappa shape index (κ3) is 7.65. The molecule has 0 bridgehead atoms. The maximum Gasteiger partial charge on any atom is 0.267 e. The highest BCUT2D eigenvalue weighted by Crippen LogP contribution is 2.33. The van der Waals surface area contributed by atoms with Gasteiger partial charge in [-0.3, -0.25) is 4.79 Å². The van der Waals surface area contributed by atoms with E-state index < -0.39 is 5.91 Å². The SMILES string of the molecule is CCN(CC)CCCN/C=C(/C#N)C(=O)Nc1ccccc1Sc1ccccc1. The van der Waals surface area contributed by atoms with E-state index in [0.717, 1.165) is 42.4 Å². The Morgan fingerprint density at radius 1 is 1.10 bits per heavy atom. The molecule has 0 radical (unpaired) electrons. The Balaban J connectivity index is 1.95. The molecule has 0 atom stereocenters. The highest BCUT2D eigenvalue weighted by atomic mass is 32.2. The molecule has 0 unspecified atom stereocenters. The zero-order valence-electron chi connectivity index (χ0n) is 17.0. The maximum atomic E-state index is 12.6. The second kappa shape index (κ2) is 12.7. The van der Waals surface area contributed by atoms with E-state index >= 15 is 0 Å². The summed E-state index contributed by atoms with van der Waals surface area (Å²) in [5.41, 5.74) is 0.751. The van der Waals surface area contributed by atoms with Gasteiger partial charge in [0.05, 0.1) is 5.69 Å². The van der Waals surface area contributed by atoms with Gasteiger partial charge >= 0.3 is 0 Å². The summed E-state index contributed by atoms with van der Waals surface area (Å²) < 4.78 is 0. The average molecular weight is 409 g/mol. The molecule has 29 heavy (non-hydrogen) atoms. The molecule has 2 aromatic rings. The molecule has 2 N–H and O–H groups in total. The third-order valence-corrected chi connectivity index (χ3v) is 5.49. The average Bonchev–Trinajstić information content (AvgIpc) is 2.75. The molecule has 0 aromatic heterocycles. The number of anilines is 1. The van der Waals surface area contributed by atoms with Crippen LogP contribution in [-0.2, 0) is 4.79 Å². The highest BCUT2D eigenvalue weighted by molar-refractivity contribution is 7.99. The van der Waals surface area contributed by atoms with Gasteiger partial charge in [-0.25, -0.2) is 0 Å². The van der Waals surface area contributed by atoms with Crippen LogP contribution in [0.4, 0.5) is 5.69 Å². The fourth-order valence-electron chi connectivity index (χ4n) is 2.73. The Kier molecular flexibility index (Phi) is 9.84. The van der Waals surface area contributed by atoms with Gasteiger partial charge < -0.3 is 15.5 Å². The summed E-state index contributed by atoms with van der Waals surface area (Å²) in [6.07, 6.45) is 2.46. The Morgan fingerprint density at radius 3 is 2.48 bits per heavy atom. The lowest BCUT2D eigenvalue weighted by atomic mass is 10.2. The first-order valence-electron chi connectivity index (χ1n) is 9.87. The minimum atomic E-state index is -0.412. The number of nitrogens with one attached hydrogen (secondary N) is 2. The predicted octanol–water partition coefficient (Wildman–Crippen LogP) is 4.51. The Bertz CT molecular complexity index is 841. The van der Waals surface area contributed by atoms with Crippen LogP contribution in [-0.4, -0.2) is 37.0 Å². The van der Waals surface area contributed by atoms with Crippen molar-refractivity contribution >= 4 is 23.4 Å². The van der Waals surface area contributed by atoms with Crippen LogP contribution in [0.15, 0.2) is 76.2 Å². The summed E-state index contributed by atoms with van der Waals surface area (Å²) in [5, 5.41) is 15.3. The zero-order chi connectivity index (χ0) is 20.9. The monoisotopic (exact) mass is 408 g/mol. The molecule has 0 saturated carbocycles. The summed E-state index contributed by atoms with van der Waals surface area (Å²) in [5.74, 6) is -0.412. The van der Waals surface area contributed by atoms with E-state index in [2.05, 4.69) is 29.4 Å². The molecule has 0 saturated heterocycles. The fourth-order valence-corrected chi connectivity index (χ4v) is 3.65. The Morgan fingerprint density at radius 2 is 1.79 bits per heavy atom. The summed E-state index contributed by atoms with van der Waals surface area (Å²) in [6, 6.07) is 19.5. The van der Waals surface area contributed by atoms with Crippen LogP contribution in [0, 0.1) is 11.3 Å². The minimum absolute atomic E-state index is 0.0624. The van der Waals surface area contributed by atoms with Gasteiger partial charge in [-0.05, 0) is 50.3 Å². The van der Waals surface area contributed by atoms with Crippen molar-refractivity contribution in [1.29, 1.82) is 5.26 Å². The third-order valence-electron chi connectivity index (χ3n) is 4.41. The molecule has 2 aromatic carbocycles. The first kappa shape index (κ1) is 22.5. The molecular weight excluding hydrogens is 380 g/mol. The van der Waals surface area contributed by atoms with E-state index in [-0.39, 0.29) is 5.57 Å². The first-order valence-corrected chi connectivity index (χ1v) is 10.7. The summed E-state index contributed by atoms with van der Waals surface area (Å²) >= 11 is 1.57. The minimum Gasteiger partial charge on any atom is -0.390 e. The van der Waals surface area contributed by atoms with Gasteiger partial charge in [-0.1, -0.05) is 55.9 Å². The number of para-hydroxylation sites is 1. The number of nitrogens with zero attached hydrogens (tertiary/aromatic N) is 2. The van der Waals surface area contributed by atoms with E-state index in [9.17, 15) is 10.1 Å². The van der Waals surface area contributed by atoms with Crippen LogP contribution < -0.4 is 10.6 Å². The molecule has 152 valence electrons. The topological polar surface area (TPSA) is 68.2 Å². The van der Waals surface area contributed by atoms with Crippen LogP contribution in [0.25, 0.3) is 0 Å². The van der Waals surface area contributed by atoms with Crippen molar-refractivity contribution in [2.45, 2.75) is 30.1 Å². The van der Waals surface area contributed by atoms with Gasteiger partial charge in [0.1, 0.15) is 11.6 Å². The lowest BCUT2D eigenvalue weighted by Crippen LogP contribution is -2.26. The van der Waals surface area contributed by atoms with E-state index in [1.54, 1.807) is 11.8 Å². The van der Waals surface area contributed by atoms with E-state index in [1.807, 2.05) is 60.7 Å². The quantitative estimate of drug-likeness (QED) is 0.325. The second-order valence-corrected chi connectivity index (χ2v) is 7.49. The van der Waals surface area contributed by atoms with Gasteiger partial charge in [0, 0.05) is 22.5 Å². The number of hydrogen-bond donors (Lipinski definition) is 2. The lowest BCUT2D eigenvalue weighted by molar-refractivity contribution is -0.112. The lowest BCUT2D eigenvalue weighted by Gasteiger charge is -2.17. The van der Waals surface area contributed by atoms with Crippen LogP contribution in [0.5, 0.6) is 0 Å². The molecule has 0 aliphatic rings. The second-order valence-electron chi connectivity index (χ2n) is 6.37. The van der Waals surface area contributed by atoms with Gasteiger partial charge in [0.25, 0.3) is 5.91 Å². The van der Waals surface area contributed by atoms with Crippen LogP contribution in [0.1, 0.15) is 20.3 Å². The van der Waals surface area contributed by atoms with Gasteiger partial charge in [-0.2, -0.15) is 5.26 Å². The van der Waals surface area contributed by atoms with Crippen LogP contribution in [0.3, 0.4) is 0 Å². The summed E-state index contributed by atoms with van der Waals surface area (Å²) in [6.45, 7) is 8.05. The Hall–Kier alpha value is -2.75. The number of rotatable bonds is 11. The molecule has 5 nitrogen and oxygen atoms in total. The number of amides is 1. The van der Waals surface area contributed by atoms with Crippen molar-refractivity contribution in [3.05, 3.63) is 66.4 Å². The molecule has 1 amide bonds. The molecule has 0 aliphatic heterocycles. The smallest absolute Gasteiger partial charge is 0.267 e. The van der Waals surface area contributed by atoms with Crippen molar-refractivity contribution in [3.63, 3.8) is 0 Å². The molecule has 2 rings (SSSR count). The zero-order valence-corrected chi connectivity index (χ0v) is 17.8. The fraction of sp³-hybridized carbons (Fsp3) is 0.304. The normalized spacial score (nSPS) is 11.2. The van der Waals surface area contributed by atoms with Crippen molar-refractivity contribution in [3.8, 4) is 6.07 Å². The Labute approximate surface area is 177 Å². The van der Waals surface area contributed by atoms with Gasteiger partial charge in [0.15, 0.2) is 0 Å². The van der Waals surface area contributed by atoms with Crippen molar-refractivity contribution in [2.24, 2.45) is 0 Å². The molecule has 6 heteroatoms. The van der Waals surface area contributed by atoms with E-state index in [4.69, 9.17) is 0 Å². The highest BCUT2D eigenvalue weighted by Gasteiger charge is 2.12. The standard InChI is InChI=1S/C23H28N4OS/c1-3-27(4-2)16-10-15-25-18-19(17-24)23(28)26-21-13-8-9-14-22(21)29-20-11-6-5-7-12-20/h5-9,11-14,18,25H,3-4,10,15-16H2,1-2H3,(H,26,28)/b19-18-. The molecule has 0 aliphatic carbocycles. The van der Waals surface area contributed by atoms with Crippen molar-refractivity contribution < 1.29 is 4.79 Å². The van der Waals surface area contributed by atoms with Gasteiger partial charge in [-0.15, -0.1) is 0 Å². The van der Waals surface area contributed by atoms with Crippen molar-refractivity contribution in [2.75, 3.05) is 31.5 Å². The van der Waals surface area contributed by atoms with Crippen LogP contribution >= 0.6 is 11.8 Å². The van der Waals surface area contributed by atoms with E-state index in [0.29, 0.717) is 5.69 Å². The number of carbonyl (C=O) groups excluding carboxylic acids is 1. The molecule has 0 fully saturated rings. The number of hydrogen-bond acceptors (Lipinski definition) is 5. The summed E-state index contributed by atoms with van der Waals surface area (Å²) in [7, 11) is 0. The molecule has 0 spiro atoms. The molecular formula is C23H28N4OS. The van der Waals surface area contributed by atoms with Crippen molar-refractivity contribution in [1.82, 2.24) is 10.2 Å². The predicted molar refractivity (Wildman–Crippen MR) is 120 cm³/mol. The van der Waals surface area contributed by atoms with Gasteiger partial charge in [0.2, 0.25) is 0 Å². The number of benzene rings is 2. The number of nitriles is 1.